The van der Waals surface area contributed by atoms with Gasteiger partial charge in [-0.05, 0) is 0 Å². The Kier molecular flexibility index (Phi) is 3.37. The fourth-order valence-electron chi connectivity index (χ4n) is 2.41. The SMILES string of the molecule is CNc1[nH]c(=O)nc2c1ncn2[C@@H]1O[C@H](CO)[C@H](O)[C@H]1O. The normalized spacial score (nSPS) is 29.1. The maximum atomic E-state index is 11.6. The minimum Gasteiger partial charge on any atom is -0.394 e. The van der Waals surface area contributed by atoms with Crippen molar-refractivity contribution in [1.82, 2.24) is 19.5 Å². The predicted molar refractivity (Wildman–Crippen MR) is 70.7 cm³/mol. The van der Waals surface area contributed by atoms with Crippen LogP contribution in [0.15, 0.2) is 11.1 Å². The van der Waals surface area contributed by atoms with E-state index in [4.69, 9.17) is 9.84 Å². The van der Waals surface area contributed by atoms with E-state index in [1.807, 2.05) is 0 Å². The zero-order valence-electron chi connectivity index (χ0n) is 11.1. The highest BCUT2D eigenvalue weighted by atomic mass is 16.6. The van der Waals surface area contributed by atoms with Crippen molar-refractivity contribution in [2.24, 2.45) is 0 Å². The van der Waals surface area contributed by atoms with Crippen LogP contribution >= 0.6 is 0 Å². The first-order valence-electron chi connectivity index (χ1n) is 6.34. The number of fused-ring (bicyclic) bond motifs is 1. The van der Waals surface area contributed by atoms with Gasteiger partial charge < -0.3 is 25.4 Å². The van der Waals surface area contributed by atoms with Crippen LogP contribution in [-0.2, 0) is 4.74 Å². The van der Waals surface area contributed by atoms with Crippen LogP contribution in [0, 0.1) is 0 Å². The summed E-state index contributed by atoms with van der Waals surface area (Å²) >= 11 is 0. The molecule has 3 heterocycles. The molecule has 5 N–H and O–H groups in total. The molecule has 0 spiro atoms. The lowest BCUT2D eigenvalue weighted by Crippen LogP contribution is -2.33. The number of hydrogen-bond donors (Lipinski definition) is 5. The number of anilines is 1. The average Bonchev–Trinajstić information content (AvgIpc) is 3.01. The molecule has 4 atom stereocenters. The quantitative estimate of drug-likeness (QED) is 0.428. The third-order valence-corrected chi connectivity index (χ3v) is 3.49. The van der Waals surface area contributed by atoms with Gasteiger partial charge in [-0.3, -0.25) is 9.55 Å². The summed E-state index contributed by atoms with van der Waals surface area (Å²) in [7, 11) is 1.62. The Labute approximate surface area is 118 Å². The number of hydrogen-bond acceptors (Lipinski definition) is 8. The summed E-state index contributed by atoms with van der Waals surface area (Å²) in [6.45, 7) is -0.433. The first kappa shape index (κ1) is 13.9. The smallest absolute Gasteiger partial charge is 0.348 e. The number of aromatic amines is 1. The van der Waals surface area contributed by atoms with Crippen LogP contribution < -0.4 is 11.0 Å². The molecular weight excluding hydrogens is 282 g/mol. The summed E-state index contributed by atoms with van der Waals surface area (Å²) in [5.74, 6) is 0.385. The second-order valence-electron chi connectivity index (χ2n) is 4.72. The van der Waals surface area contributed by atoms with E-state index < -0.39 is 36.8 Å². The van der Waals surface area contributed by atoms with Crippen LogP contribution in [0.1, 0.15) is 6.23 Å². The molecule has 3 rings (SSSR count). The Bertz CT molecular complexity index is 713. The molecule has 10 nitrogen and oxygen atoms in total. The molecule has 114 valence electrons. The number of nitrogens with one attached hydrogen (secondary N) is 2. The average molecular weight is 297 g/mol. The van der Waals surface area contributed by atoms with E-state index in [2.05, 4.69) is 20.3 Å². The van der Waals surface area contributed by atoms with Crippen LogP contribution in [-0.4, -0.2) is 66.8 Å². The lowest BCUT2D eigenvalue weighted by molar-refractivity contribution is -0.0511. The Balaban J connectivity index is 2.10. The van der Waals surface area contributed by atoms with Crippen molar-refractivity contribution in [2.45, 2.75) is 24.5 Å². The van der Waals surface area contributed by atoms with Crippen LogP contribution in [0.3, 0.4) is 0 Å². The molecule has 1 aliphatic heterocycles. The van der Waals surface area contributed by atoms with E-state index in [1.165, 1.54) is 10.9 Å². The third kappa shape index (κ3) is 2.08. The van der Waals surface area contributed by atoms with Gasteiger partial charge in [-0.2, -0.15) is 4.98 Å². The number of aromatic nitrogens is 4. The van der Waals surface area contributed by atoms with Gasteiger partial charge in [0.2, 0.25) is 0 Å². The fourth-order valence-corrected chi connectivity index (χ4v) is 2.41. The molecule has 0 radical (unpaired) electrons. The van der Waals surface area contributed by atoms with E-state index in [9.17, 15) is 15.0 Å². The van der Waals surface area contributed by atoms with Gasteiger partial charge in [-0.15, -0.1) is 0 Å². The molecule has 1 fully saturated rings. The molecule has 0 saturated carbocycles. The summed E-state index contributed by atoms with van der Waals surface area (Å²) in [6, 6.07) is 0. The van der Waals surface area contributed by atoms with E-state index in [0.717, 1.165) is 0 Å². The molecule has 0 bridgehead atoms. The molecule has 0 aliphatic carbocycles. The molecule has 0 aromatic carbocycles. The van der Waals surface area contributed by atoms with E-state index in [0.29, 0.717) is 11.3 Å². The molecular formula is C11H15N5O5. The van der Waals surface area contributed by atoms with Crippen LogP contribution in [0.5, 0.6) is 0 Å². The van der Waals surface area contributed by atoms with Gasteiger partial charge in [0.1, 0.15) is 29.6 Å². The Hall–Kier alpha value is -2.01. The zero-order chi connectivity index (χ0) is 15.1. The Morgan fingerprint density at radius 2 is 2.24 bits per heavy atom. The Morgan fingerprint density at radius 3 is 2.86 bits per heavy atom. The number of aliphatic hydroxyl groups excluding tert-OH is 3. The summed E-state index contributed by atoms with van der Waals surface area (Å²) < 4.78 is 6.76. The number of rotatable bonds is 3. The minimum atomic E-state index is -1.27. The van der Waals surface area contributed by atoms with Gasteiger partial charge >= 0.3 is 5.69 Å². The second kappa shape index (κ2) is 5.07. The molecule has 0 amide bonds. The topological polar surface area (TPSA) is 146 Å². The lowest BCUT2D eigenvalue weighted by atomic mass is 10.1. The van der Waals surface area contributed by atoms with Gasteiger partial charge in [0.15, 0.2) is 11.9 Å². The summed E-state index contributed by atoms with van der Waals surface area (Å²) in [5.41, 5.74) is 0.0214. The van der Waals surface area contributed by atoms with Gasteiger partial charge in [0.25, 0.3) is 0 Å². The van der Waals surface area contributed by atoms with E-state index in [-0.39, 0.29) is 5.65 Å². The van der Waals surface area contributed by atoms with E-state index in [1.54, 1.807) is 7.05 Å². The molecule has 10 heteroatoms. The third-order valence-electron chi connectivity index (χ3n) is 3.49. The molecule has 0 unspecified atom stereocenters. The van der Waals surface area contributed by atoms with E-state index >= 15 is 0 Å². The monoisotopic (exact) mass is 297 g/mol. The molecule has 1 saturated heterocycles. The highest BCUT2D eigenvalue weighted by Crippen LogP contribution is 2.31. The first-order valence-corrected chi connectivity index (χ1v) is 6.34. The first-order chi connectivity index (χ1) is 10.1. The highest BCUT2D eigenvalue weighted by Gasteiger charge is 2.44. The van der Waals surface area contributed by atoms with Crippen molar-refractivity contribution in [3.05, 3.63) is 16.8 Å². The molecule has 21 heavy (non-hydrogen) atoms. The van der Waals surface area contributed by atoms with Crippen molar-refractivity contribution in [1.29, 1.82) is 0 Å². The minimum absolute atomic E-state index is 0.206. The number of aliphatic hydroxyl groups is 3. The molecule has 1 aliphatic rings. The maximum Gasteiger partial charge on any atom is 0.348 e. The standard InChI is InChI=1S/C11H15N5O5/c1-12-8-5-9(15-11(20)14-8)16(3-13-5)10-7(19)6(18)4(2-17)21-10/h3-4,6-7,10,17-19H,2H2,1H3,(H2,12,14,15,20)/t4-,6+,7-,10-/m1/s1. The van der Waals surface area contributed by atoms with Gasteiger partial charge in [0, 0.05) is 7.05 Å². The maximum absolute atomic E-state index is 11.6. The largest absolute Gasteiger partial charge is 0.394 e. The van der Waals surface area contributed by atoms with Crippen LogP contribution in [0.25, 0.3) is 11.2 Å². The fraction of sp³-hybridized carbons (Fsp3) is 0.545. The van der Waals surface area contributed by atoms with Crippen molar-refractivity contribution >= 4 is 17.0 Å². The van der Waals surface area contributed by atoms with Crippen molar-refractivity contribution in [2.75, 3.05) is 19.0 Å². The summed E-state index contributed by atoms with van der Waals surface area (Å²) in [4.78, 5) is 22.0. The highest BCUT2D eigenvalue weighted by molar-refractivity contribution is 5.82. The predicted octanol–water partition coefficient (Wildman–Crippen LogP) is -2.23. The Morgan fingerprint density at radius 1 is 1.48 bits per heavy atom. The number of imidazole rings is 1. The van der Waals surface area contributed by atoms with Crippen molar-refractivity contribution in [3.63, 3.8) is 0 Å². The number of H-pyrrole nitrogens is 1. The molecule has 2 aromatic rings. The zero-order valence-corrected chi connectivity index (χ0v) is 11.1. The van der Waals surface area contributed by atoms with Gasteiger partial charge in [-0.25, -0.2) is 9.78 Å². The van der Waals surface area contributed by atoms with Crippen LogP contribution in [0.4, 0.5) is 5.82 Å². The lowest BCUT2D eigenvalue weighted by Gasteiger charge is -2.16. The van der Waals surface area contributed by atoms with Crippen molar-refractivity contribution in [3.8, 4) is 0 Å². The second-order valence-corrected chi connectivity index (χ2v) is 4.72. The van der Waals surface area contributed by atoms with Gasteiger partial charge in [0.05, 0.1) is 12.9 Å². The van der Waals surface area contributed by atoms with Crippen molar-refractivity contribution < 1.29 is 20.1 Å². The van der Waals surface area contributed by atoms with Crippen LogP contribution in [0.2, 0.25) is 0 Å². The summed E-state index contributed by atoms with van der Waals surface area (Å²) in [5, 5.41) is 31.7. The summed E-state index contributed by atoms with van der Waals surface area (Å²) in [6.07, 6.45) is -3.04. The number of nitrogens with zero attached hydrogens (tertiary/aromatic N) is 3. The number of ether oxygens (including phenoxy) is 1. The molecule has 2 aromatic heterocycles. The van der Waals surface area contributed by atoms with Gasteiger partial charge in [-0.1, -0.05) is 0 Å².